The van der Waals surface area contributed by atoms with Crippen LogP contribution in [0.4, 0.5) is 0 Å². The number of hydrogen-bond acceptors (Lipinski definition) is 2. The smallest absolute Gasteiger partial charge is 0.119 e. The van der Waals surface area contributed by atoms with E-state index in [2.05, 4.69) is 19.1 Å². The molecule has 0 spiro atoms. The Balaban J connectivity index is 2.48. The SMILES string of the molecule is CCCCCC(CO)Cc1cccc(OC)c1. The topological polar surface area (TPSA) is 29.5 Å². The number of benzene rings is 1. The highest BCUT2D eigenvalue weighted by Crippen LogP contribution is 2.19. The zero-order valence-electron chi connectivity index (χ0n) is 11.0. The maximum atomic E-state index is 9.38. The summed E-state index contributed by atoms with van der Waals surface area (Å²) in [5.41, 5.74) is 1.25. The summed E-state index contributed by atoms with van der Waals surface area (Å²) < 4.78 is 5.21. The molecule has 0 saturated heterocycles. The number of unbranched alkanes of at least 4 members (excludes halogenated alkanes) is 2. The molecule has 0 bridgehead atoms. The van der Waals surface area contributed by atoms with Crippen molar-refractivity contribution in [3.05, 3.63) is 29.8 Å². The van der Waals surface area contributed by atoms with Crippen molar-refractivity contribution >= 4 is 0 Å². The van der Waals surface area contributed by atoms with Gasteiger partial charge in [-0.25, -0.2) is 0 Å². The van der Waals surface area contributed by atoms with Crippen LogP contribution in [-0.2, 0) is 6.42 Å². The molecular weight excluding hydrogens is 212 g/mol. The summed E-state index contributed by atoms with van der Waals surface area (Å²) in [4.78, 5) is 0. The lowest BCUT2D eigenvalue weighted by Crippen LogP contribution is -2.09. The molecule has 0 aromatic heterocycles. The molecule has 0 aliphatic heterocycles. The van der Waals surface area contributed by atoms with Gasteiger partial charge in [-0.2, -0.15) is 0 Å². The van der Waals surface area contributed by atoms with Gasteiger partial charge in [0.25, 0.3) is 0 Å². The van der Waals surface area contributed by atoms with E-state index in [9.17, 15) is 5.11 Å². The van der Waals surface area contributed by atoms with E-state index in [0.717, 1.165) is 18.6 Å². The van der Waals surface area contributed by atoms with E-state index >= 15 is 0 Å². The highest BCUT2D eigenvalue weighted by atomic mass is 16.5. The third-order valence-corrected chi connectivity index (χ3v) is 3.13. The summed E-state index contributed by atoms with van der Waals surface area (Å²) in [6, 6.07) is 8.12. The standard InChI is InChI=1S/C15H24O2/c1-3-4-5-7-14(12-16)10-13-8-6-9-15(11-13)17-2/h6,8-9,11,14,16H,3-5,7,10,12H2,1-2H3. The molecule has 0 aliphatic carbocycles. The molecule has 1 atom stereocenters. The van der Waals surface area contributed by atoms with Crippen LogP contribution in [0, 0.1) is 5.92 Å². The zero-order valence-corrected chi connectivity index (χ0v) is 11.0. The van der Waals surface area contributed by atoms with E-state index in [0.29, 0.717) is 5.92 Å². The first-order chi connectivity index (χ1) is 8.30. The zero-order chi connectivity index (χ0) is 12.5. The van der Waals surface area contributed by atoms with E-state index in [1.165, 1.54) is 24.8 Å². The van der Waals surface area contributed by atoms with Gasteiger partial charge in [0.15, 0.2) is 0 Å². The van der Waals surface area contributed by atoms with E-state index in [-0.39, 0.29) is 6.61 Å². The summed E-state index contributed by atoms with van der Waals surface area (Å²) in [5.74, 6) is 1.28. The molecule has 2 nitrogen and oxygen atoms in total. The first kappa shape index (κ1) is 14.0. The van der Waals surface area contributed by atoms with Crippen LogP contribution in [0.5, 0.6) is 5.75 Å². The fraction of sp³-hybridized carbons (Fsp3) is 0.600. The minimum Gasteiger partial charge on any atom is -0.497 e. The molecule has 1 unspecified atom stereocenters. The summed E-state index contributed by atoms with van der Waals surface area (Å²) in [6.07, 6.45) is 5.76. The first-order valence-electron chi connectivity index (χ1n) is 6.54. The van der Waals surface area contributed by atoms with Crippen molar-refractivity contribution in [1.82, 2.24) is 0 Å². The minimum absolute atomic E-state index is 0.279. The molecule has 1 N–H and O–H groups in total. The Bertz CT molecular complexity index is 310. The predicted molar refractivity (Wildman–Crippen MR) is 71.4 cm³/mol. The van der Waals surface area contributed by atoms with Crippen molar-refractivity contribution in [2.45, 2.75) is 39.0 Å². The molecule has 1 aromatic rings. The summed E-state index contributed by atoms with van der Waals surface area (Å²) >= 11 is 0. The summed E-state index contributed by atoms with van der Waals surface area (Å²) in [5, 5.41) is 9.38. The van der Waals surface area contributed by atoms with Gasteiger partial charge < -0.3 is 9.84 Å². The van der Waals surface area contributed by atoms with Crippen molar-refractivity contribution in [2.24, 2.45) is 5.92 Å². The molecule has 0 heterocycles. The predicted octanol–water partition coefficient (Wildman–Crippen LogP) is 3.43. The lowest BCUT2D eigenvalue weighted by atomic mass is 9.94. The highest BCUT2D eigenvalue weighted by molar-refractivity contribution is 5.28. The molecule has 1 aromatic carbocycles. The molecule has 0 fully saturated rings. The second-order valence-corrected chi connectivity index (χ2v) is 4.60. The average Bonchev–Trinajstić information content (AvgIpc) is 2.38. The number of hydrogen-bond donors (Lipinski definition) is 1. The Morgan fingerprint density at radius 1 is 1.29 bits per heavy atom. The number of aliphatic hydroxyl groups excluding tert-OH is 1. The molecule has 1 rings (SSSR count). The number of methoxy groups -OCH3 is 1. The van der Waals surface area contributed by atoms with Gasteiger partial charge in [0.05, 0.1) is 7.11 Å². The second kappa shape index (κ2) is 8.13. The van der Waals surface area contributed by atoms with Crippen molar-refractivity contribution in [3.8, 4) is 5.75 Å². The van der Waals surface area contributed by atoms with Crippen molar-refractivity contribution < 1.29 is 9.84 Å². The normalized spacial score (nSPS) is 12.4. The maximum absolute atomic E-state index is 9.38. The van der Waals surface area contributed by atoms with Crippen LogP contribution in [0.2, 0.25) is 0 Å². The van der Waals surface area contributed by atoms with Crippen molar-refractivity contribution in [1.29, 1.82) is 0 Å². The van der Waals surface area contributed by atoms with E-state index in [1.54, 1.807) is 7.11 Å². The van der Waals surface area contributed by atoms with Crippen LogP contribution in [0.3, 0.4) is 0 Å². The summed E-state index contributed by atoms with van der Waals surface area (Å²) in [7, 11) is 1.68. The van der Waals surface area contributed by atoms with Crippen LogP contribution < -0.4 is 4.74 Å². The van der Waals surface area contributed by atoms with Gasteiger partial charge in [-0.1, -0.05) is 38.3 Å². The van der Waals surface area contributed by atoms with Crippen LogP contribution in [0.1, 0.15) is 38.2 Å². The van der Waals surface area contributed by atoms with Gasteiger partial charge >= 0.3 is 0 Å². The average molecular weight is 236 g/mol. The molecule has 2 heteroatoms. The first-order valence-corrected chi connectivity index (χ1v) is 6.54. The van der Waals surface area contributed by atoms with Gasteiger partial charge in [-0.05, 0) is 36.5 Å². The third-order valence-electron chi connectivity index (χ3n) is 3.13. The molecule has 0 radical (unpaired) electrons. The van der Waals surface area contributed by atoms with Crippen LogP contribution >= 0.6 is 0 Å². The van der Waals surface area contributed by atoms with E-state index in [1.807, 2.05) is 12.1 Å². The van der Waals surface area contributed by atoms with Gasteiger partial charge in [-0.15, -0.1) is 0 Å². The van der Waals surface area contributed by atoms with E-state index in [4.69, 9.17) is 4.74 Å². The largest absolute Gasteiger partial charge is 0.497 e. The van der Waals surface area contributed by atoms with Crippen molar-refractivity contribution in [3.63, 3.8) is 0 Å². The molecule has 17 heavy (non-hydrogen) atoms. The number of ether oxygens (including phenoxy) is 1. The molecule has 0 saturated carbocycles. The Labute approximate surface area is 105 Å². The molecule has 96 valence electrons. The Morgan fingerprint density at radius 3 is 2.76 bits per heavy atom. The van der Waals surface area contributed by atoms with Gasteiger partial charge in [0.2, 0.25) is 0 Å². The van der Waals surface area contributed by atoms with Crippen LogP contribution in [-0.4, -0.2) is 18.8 Å². The second-order valence-electron chi connectivity index (χ2n) is 4.60. The fourth-order valence-electron chi connectivity index (χ4n) is 2.07. The molecular formula is C15H24O2. The Hall–Kier alpha value is -1.02. The number of aliphatic hydroxyl groups is 1. The quantitative estimate of drug-likeness (QED) is 0.701. The van der Waals surface area contributed by atoms with E-state index < -0.39 is 0 Å². The van der Waals surface area contributed by atoms with Crippen LogP contribution in [0.15, 0.2) is 24.3 Å². The third kappa shape index (κ3) is 5.22. The van der Waals surface area contributed by atoms with Gasteiger partial charge in [-0.3, -0.25) is 0 Å². The fourth-order valence-corrected chi connectivity index (χ4v) is 2.07. The molecule has 0 aliphatic rings. The Morgan fingerprint density at radius 2 is 2.12 bits per heavy atom. The van der Waals surface area contributed by atoms with Gasteiger partial charge in [0.1, 0.15) is 5.75 Å². The lowest BCUT2D eigenvalue weighted by molar-refractivity contribution is 0.215. The number of rotatable bonds is 8. The monoisotopic (exact) mass is 236 g/mol. The highest BCUT2D eigenvalue weighted by Gasteiger charge is 2.08. The lowest BCUT2D eigenvalue weighted by Gasteiger charge is -2.14. The molecule has 0 amide bonds. The minimum atomic E-state index is 0.279. The van der Waals surface area contributed by atoms with Gasteiger partial charge in [0, 0.05) is 6.61 Å². The summed E-state index contributed by atoms with van der Waals surface area (Å²) in [6.45, 7) is 2.48. The maximum Gasteiger partial charge on any atom is 0.119 e. The van der Waals surface area contributed by atoms with Crippen molar-refractivity contribution in [2.75, 3.05) is 13.7 Å². The van der Waals surface area contributed by atoms with Crippen LogP contribution in [0.25, 0.3) is 0 Å². The Kier molecular flexibility index (Phi) is 6.71.